The van der Waals surface area contributed by atoms with Crippen LogP contribution in [0.3, 0.4) is 0 Å². The van der Waals surface area contributed by atoms with E-state index >= 15 is 0 Å². The van der Waals surface area contributed by atoms with Crippen LogP contribution in [-0.4, -0.2) is 73.3 Å². The third-order valence-corrected chi connectivity index (χ3v) is 10.5. The van der Waals surface area contributed by atoms with Crippen molar-refractivity contribution in [1.29, 1.82) is 0 Å². The van der Waals surface area contributed by atoms with Crippen molar-refractivity contribution in [2.45, 2.75) is 115 Å². The van der Waals surface area contributed by atoms with Crippen LogP contribution in [0.5, 0.6) is 5.75 Å². The van der Waals surface area contributed by atoms with Gasteiger partial charge in [0, 0.05) is 33.1 Å². The molecule has 10 atom stereocenters. The number of rotatable bonds is 7. The summed E-state index contributed by atoms with van der Waals surface area (Å²) >= 11 is 0. The molecule has 0 radical (unpaired) electrons. The predicted octanol–water partition coefficient (Wildman–Crippen LogP) is 3.55. The molecular formula is C35H42O12. The molecule has 0 spiro atoms. The first-order valence-electron chi connectivity index (χ1n) is 16.0. The van der Waals surface area contributed by atoms with E-state index in [1.165, 1.54) is 18.1 Å². The van der Waals surface area contributed by atoms with E-state index in [-0.39, 0.29) is 17.8 Å². The number of benzene rings is 1. The van der Waals surface area contributed by atoms with Crippen molar-refractivity contribution in [3.05, 3.63) is 29.3 Å². The Balaban J connectivity index is 1.47. The molecule has 254 valence electrons. The molecule has 0 bridgehead atoms. The van der Waals surface area contributed by atoms with Gasteiger partial charge in [0.25, 0.3) is 0 Å². The number of aryl methyl sites for hydroxylation is 1. The second-order valence-electron chi connectivity index (χ2n) is 13.1. The molecule has 2 saturated carbocycles. The molecule has 1 heterocycles. The second-order valence-corrected chi connectivity index (χ2v) is 13.1. The van der Waals surface area contributed by atoms with E-state index in [0.29, 0.717) is 24.5 Å². The summed E-state index contributed by atoms with van der Waals surface area (Å²) in [7, 11) is 1.13. The van der Waals surface area contributed by atoms with Crippen LogP contribution in [0.25, 0.3) is 0 Å². The van der Waals surface area contributed by atoms with Gasteiger partial charge in [-0.2, -0.15) is 0 Å². The highest BCUT2D eigenvalue weighted by Crippen LogP contribution is 2.65. The first-order valence-corrected chi connectivity index (χ1v) is 16.0. The average Bonchev–Trinajstić information content (AvgIpc) is 3.30. The maximum Gasteiger partial charge on any atom is 0.339 e. The van der Waals surface area contributed by atoms with Gasteiger partial charge >= 0.3 is 29.8 Å². The Kier molecular flexibility index (Phi) is 9.71. The number of terminal acetylenes is 1. The molecule has 12 heteroatoms. The molecule has 0 N–H and O–H groups in total. The average molecular weight is 655 g/mol. The molecule has 0 amide bonds. The lowest BCUT2D eigenvalue weighted by Gasteiger charge is -2.54. The SMILES string of the molecule is C#C[C@@]1(O[C@H]2OC(C(=O)OC)[C@H](OC(C)=O)[C@@H](OC(C)=O)[C@H]2OC(C)=O)CC[C@H]2[C@@H]3CCc4cc(OC(C)=O)ccc4[C@H]3CC[C@@]21C. The number of hydrogen-bond acceptors (Lipinski definition) is 12. The summed E-state index contributed by atoms with van der Waals surface area (Å²) in [5.74, 6) is 0.666. The van der Waals surface area contributed by atoms with Gasteiger partial charge in [-0.3, -0.25) is 19.2 Å². The fourth-order valence-electron chi connectivity index (χ4n) is 8.62. The lowest BCUT2D eigenvalue weighted by atomic mass is 9.53. The Morgan fingerprint density at radius 3 is 2.15 bits per heavy atom. The van der Waals surface area contributed by atoms with Gasteiger partial charge in [-0.15, -0.1) is 6.42 Å². The van der Waals surface area contributed by atoms with Crippen LogP contribution in [0.15, 0.2) is 18.2 Å². The van der Waals surface area contributed by atoms with E-state index in [0.717, 1.165) is 53.6 Å². The first-order chi connectivity index (χ1) is 22.2. The fraction of sp³-hybridized carbons (Fsp3) is 0.629. The zero-order chi connectivity index (χ0) is 34.3. The standard InChI is InChI=1S/C35H42O12/c1-8-35(47-33-31(45-21(5)39)29(44-20(4)38)28(43-19(3)37)30(46-33)32(40)41-7)16-14-27-26-11-9-22-17-23(42-18(2)36)10-12-24(22)25(26)13-15-34(27,35)6/h1,10,12,17,25-31,33H,9,11,13-16H2,2-7H3/t25-,26-,27+,28-,29-,30?,31-,33-,34+,35-/m1/s1. The van der Waals surface area contributed by atoms with Crippen molar-refractivity contribution >= 4 is 29.8 Å². The highest BCUT2D eigenvalue weighted by Gasteiger charge is 2.65. The smallest absolute Gasteiger partial charge is 0.339 e. The number of carbonyl (C=O) groups excluding carboxylic acids is 5. The largest absolute Gasteiger partial charge is 0.467 e. The Bertz CT molecular complexity index is 1480. The van der Waals surface area contributed by atoms with E-state index in [1.807, 2.05) is 12.1 Å². The molecule has 5 rings (SSSR count). The number of fused-ring (bicyclic) bond motifs is 5. The third kappa shape index (κ3) is 6.35. The summed E-state index contributed by atoms with van der Waals surface area (Å²) in [6.45, 7) is 6.92. The van der Waals surface area contributed by atoms with Crippen LogP contribution in [-0.2, 0) is 58.8 Å². The molecule has 3 fully saturated rings. The number of methoxy groups -OCH3 is 1. The van der Waals surface area contributed by atoms with Crippen molar-refractivity contribution in [3.8, 4) is 18.1 Å². The number of carbonyl (C=O) groups is 5. The van der Waals surface area contributed by atoms with Gasteiger partial charge in [0.05, 0.1) is 7.11 Å². The maximum absolute atomic E-state index is 13.0. The maximum atomic E-state index is 13.0. The quantitative estimate of drug-likeness (QED) is 0.183. The van der Waals surface area contributed by atoms with Crippen molar-refractivity contribution in [2.24, 2.45) is 17.3 Å². The summed E-state index contributed by atoms with van der Waals surface area (Å²) < 4.78 is 39.6. The number of hydrogen-bond donors (Lipinski definition) is 0. The fourth-order valence-corrected chi connectivity index (χ4v) is 8.62. The Hall–Kier alpha value is -3.95. The van der Waals surface area contributed by atoms with Gasteiger partial charge in [0.1, 0.15) is 11.4 Å². The molecule has 47 heavy (non-hydrogen) atoms. The Morgan fingerprint density at radius 2 is 1.53 bits per heavy atom. The zero-order valence-corrected chi connectivity index (χ0v) is 27.6. The third-order valence-electron chi connectivity index (χ3n) is 10.5. The molecular weight excluding hydrogens is 612 g/mol. The number of ether oxygens (including phenoxy) is 7. The van der Waals surface area contributed by atoms with Crippen LogP contribution < -0.4 is 4.74 Å². The topological polar surface area (TPSA) is 150 Å². The molecule has 12 nitrogen and oxygen atoms in total. The lowest BCUT2D eigenvalue weighted by molar-refractivity contribution is -0.328. The summed E-state index contributed by atoms with van der Waals surface area (Å²) in [6.07, 6.45) is 3.39. The molecule has 3 aliphatic carbocycles. The normalized spacial score (nSPS) is 35.5. The first kappa shape index (κ1) is 34.4. The molecule has 1 aliphatic heterocycles. The molecule has 1 saturated heterocycles. The van der Waals surface area contributed by atoms with Gasteiger partial charge in [0.2, 0.25) is 6.29 Å². The van der Waals surface area contributed by atoms with E-state index < -0.39 is 65.6 Å². The zero-order valence-electron chi connectivity index (χ0n) is 27.6. The van der Waals surface area contributed by atoms with Crippen molar-refractivity contribution in [1.82, 2.24) is 0 Å². The van der Waals surface area contributed by atoms with E-state index in [2.05, 4.69) is 18.9 Å². The van der Waals surface area contributed by atoms with E-state index in [4.69, 9.17) is 39.6 Å². The van der Waals surface area contributed by atoms with Crippen molar-refractivity contribution in [3.63, 3.8) is 0 Å². The molecule has 4 aliphatic rings. The van der Waals surface area contributed by atoms with Crippen LogP contribution in [0, 0.1) is 29.6 Å². The van der Waals surface area contributed by atoms with E-state index in [1.54, 1.807) is 0 Å². The van der Waals surface area contributed by atoms with Crippen LogP contribution in [0.4, 0.5) is 0 Å². The van der Waals surface area contributed by atoms with Gasteiger partial charge < -0.3 is 33.2 Å². The number of esters is 5. The lowest BCUT2D eigenvalue weighted by Crippen LogP contribution is -2.66. The summed E-state index contributed by atoms with van der Waals surface area (Å²) in [5, 5.41) is 0. The summed E-state index contributed by atoms with van der Waals surface area (Å²) in [4.78, 5) is 61.2. The Morgan fingerprint density at radius 1 is 0.872 bits per heavy atom. The van der Waals surface area contributed by atoms with Crippen LogP contribution in [0.1, 0.15) is 83.8 Å². The van der Waals surface area contributed by atoms with Crippen molar-refractivity contribution < 1.29 is 57.1 Å². The molecule has 1 aromatic rings. The van der Waals surface area contributed by atoms with Gasteiger partial charge in [-0.1, -0.05) is 18.9 Å². The van der Waals surface area contributed by atoms with Crippen LogP contribution >= 0.6 is 0 Å². The van der Waals surface area contributed by atoms with Gasteiger partial charge in [-0.05, 0) is 79.5 Å². The predicted molar refractivity (Wildman–Crippen MR) is 162 cm³/mol. The van der Waals surface area contributed by atoms with Gasteiger partial charge in [-0.25, -0.2) is 4.79 Å². The van der Waals surface area contributed by atoms with Gasteiger partial charge in [0.15, 0.2) is 24.4 Å². The van der Waals surface area contributed by atoms with Crippen molar-refractivity contribution in [2.75, 3.05) is 7.11 Å². The minimum atomic E-state index is -1.58. The van der Waals surface area contributed by atoms with E-state index in [9.17, 15) is 24.0 Å². The monoisotopic (exact) mass is 654 g/mol. The molecule has 1 aromatic carbocycles. The van der Waals surface area contributed by atoms with Crippen LogP contribution in [0.2, 0.25) is 0 Å². The molecule has 0 aromatic heterocycles. The Labute approximate surface area is 274 Å². The highest BCUT2D eigenvalue weighted by molar-refractivity contribution is 5.77. The highest BCUT2D eigenvalue weighted by atomic mass is 16.7. The molecule has 1 unspecified atom stereocenters. The summed E-state index contributed by atoms with van der Waals surface area (Å²) in [6, 6.07) is 5.87. The minimum Gasteiger partial charge on any atom is -0.467 e. The minimum absolute atomic E-state index is 0.170. The second kappa shape index (κ2) is 13.3. The summed E-state index contributed by atoms with van der Waals surface area (Å²) in [5.41, 5.74) is 0.692.